The van der Waals surface area contributed by atoms with Crippen LogP contribution in [-0.4, -0.2) is 26.6 Å². The molecule has 0 aliphatic rings. The molecule has 2 rings (SSSR count). The third kappa shape index (κ3) is 2.87. The molecule has 2 aromatic heterocycles. The first kappa shape index (κ1) is 13.8. The van der Waals surface area contributed by atoms with Crippen LogP contribution >= 0.6 is 0 Å². The quantitative estimate of drug-likeness (QED) is 0.888. The molecule has 2 aromatic rings. The number of aryl methyl sites for hydroxylation is 4. The van der Waals surface area contributed by atoms with Crippen molar-refractivity contribution in [1.82, 2.24) is 24.9 Å². The highest BCUT2D eigenvalue weighted by atomic mass is 15.3. The lowest BCUT2D eigenvalue weighted by Gasteiger charge is -2.15. The molecule has 5 nitrogen and oxygen atoms in total. The van der Waals surface area contributed by atoms with Gasteiger partial charge in [-0.05, 0) is 26.5 Å². The molecule has 0 spiro atoms. The average molecular weight is 261 g/mol. The Hall–Kier alpha value is -1.62. The Morgan fingerprint density at radius 2 is 2.05 bits per heavy atom. The Morgan fingerprint density at radius 3 is 2.53 bits per heavy atom. The third-order valence-electron chi connectivity index (χ3n) is 3.58. The molecule has 0 aliphatic heterocycles. The van der Waals surface area contributed by atoms with Crippen molar-refractivity contribution in [2.45, 2.75) is 32.7 Å². The fourth-order valence-corrected chi connectivity index (χ4v) is 2.47. The van der Waals surface area contributed by atoms with E-state index in [2.05, 4.69) is 41.6 Å². The van der Waals surface area contributed by atoms with Crippen molar-refractivity contribution in [2.24, 2.45) is 14.1 Å². The van der Waals surface area contributed by atoms with Crippen LogP contribution < -0.4 is 5.32 Å². The Kier molecular flexibility index (Phi) is 4.04. The zero-order valence-electron chi connectivity index (χ0n) is 12.4. The van der Waals surface area contributed by atoms with Gasteiger partial charge in [0.25, 0.3) is 0 Å². The molecule has 104 valence electrons. The Balaban J connectivity index is 2.23. The first-order chi connectivity index (χ1) is 9.05. The van der Waals surface area contributed by atoms with E-state index in [9.17, 15) is 0 Å². The van der Waals surface area contributed by atoms with E-state index < -0.39 is 0 Å². The van der Waals surface area contributed by atoms with Crippen molar-refractivity contribution >= 4 is 0 Å². The molecule has 1 unspecified atom stereocenters. The predicted octanol–water partition coefficient (Wildman–Crippen LogP) is 1.53. The summed E-state index contributed by atoms with van der Waals surface area (Å²) < 4.78 is 3.85. The number of hydrogen-bond acceptors (Lipinski definition) is 3. The maximum absolute atomic E-state index is 4.51. The highest BCUT2D eigenvalue weighted by Gasteiger charge is 2.17. The Morgan fingerprint density at radius 1 is 1.32 bits per heavy atom. The minimum absolute atomic E-state index is 0.272. The van der Waals surface area contributed by atoms with Crippen LogP contribution in [0.1, 0.15) is 35.6 Å². The predicted molar refractivity (Wildman–Crippen MR) is 76.0 cm³/mol. The second kappa shape index (κ2) is 5.57. The summed E-state index contributed by atoms with van der Waals surface area (Å²) in [6, 6.07) is 2.46. The Labute approximate surface area is 114 Å². The highest BCUT2D eigenvalue weighted by Crippen LogP contribution is 2.21. The third-order valence-corrected chi connectivity index (χ3v) is 3.58. The van der Waals surface area contributed by atoms with Gasteiger partial charge in [-0.15, -0.1) is 0 Å². The van der Waals surface area contributed by atoms with Crippen molar-refractivity contribution < 1.29 is 0 Å². The van der Waals surface area contributed by atoms with E-state index in [0.29, 0.717) is 0 Å². The van der Waals surface area contributed by atoms with Crippen LogP contribution in [-0.2, 0) is 26.9 Å². The molecule has 5 heteroatoms. The number of rotatable bonds is 5. The van der Waals surface area contributed by atoms with Crippen molar-refractivity contribution in [3.8, 4) is 0 Å². The van der Waals surface area contributed by atoms with Crippen LogP contribution in [0.25, 0.3) is 0 Å². The average Bonchev–Trinajstić information content (AvgIpc) is 2.89. The van der Waals surface area contributed by atoms with Gasteiger partial charge in [0.2, 0.25) is 0 Å². The molecular formula is C14H23N5. The SMILES string of the molecule is CCc1cc(CC(NC)c2cn(C)nc2C)n(C)n1. The number of nitrogens with zero attached hydrogens (tertiary/aromatic N) is 4. The molecule has 19 heavy (non-hydrogen) atoms. The van der Waals surface area contributed by atoms with E-state index in [0.717, 1.165) is 24.2 Å². The van der Waals surface area contributed by atoms with Gasteiger partial charge in [-0.25, -0.2) is 0 Å². The van der Waals surface area contributed by atoms with E-state index in [1.54, 1.807) is 0 Å². The maximum Gasteiger partial charge on any atom is 0.0641 e. The van der Waals surface area contributed by atoms with E-state index in [-0.39, 0.29) is 6.04 Å². The van der Waals surface area contributed by atoms with Gasteiger partial charge in [-0.2, -0.15) is 10.2 Å². The van der Waals surface area contributed by atoms with Crippen molar-refractivity contribution in [2.75, 3.05) is 7.05 Å². The lowest BCUT2D eigenvalue weighted by molar-refractivity contribution is 0.558. The van der Waals surface area contributed by atoms with Crippen LogP contribution in [0.15, 0.2) is 12.3 Å². The topological polar surface area (TPSA) is 47.7 Å². The first-order valence-corrected chi connectivity index (χ1v) is 6.74. The second-order valence-electron chi connectivity index (χ2n) is 4.99. The summed E-state index contributed by atoms with van der Waals surface area (Å²) in [7, 11) is 5.97. The van der Waals surface area contributed by atoms with Gasteiger partial charge in [0.15, 0.2) is 0 Å². The first-order valence-electron chi connectivity index (χ1n) is 6.74. The van der Waals surface area contributed by atoms with Crippen molar-refractivity contribution in [1.29, 1.82) is 0 Å². The molecule has 0 bridgehead atoms. The van der Waals surface area contributed by atoms with Gasteiger partial charge >= 0.3 is 0 Å². The second-order valence-corrected chi connectivity index (χ2v) is 4.99. The largest absolute Gasteiger partial charge is 0.313 e. The normalized spacial score (nSPS) is 12.9. The van der Waals surface area contributed by atoms with Crippen LogP contribution in [0.5, 0.6) is 0 Å². The zero-order valence-corrected chi connectivity index (χ0v) is 12.4. The van der Waals surface area contributed by atoms with E-state index in [1.165, 1.54) is 11.3 Å². The molecule has 0 aliphatic carbocycles. The molecule has 1 atom stereocenters. The monoisotopic (exact) mass is 261 g/mol. The lowest BCUT2D eigenvalue weighted by Crippen LogP contribution is -2.20. The maximum atomic E-state index is 4.51. The van der Waals surface area contributed by atoms with Crippen molar-refractivity contribution in [3.63, 3.8) is 0 Å². The molecule has 0 saturated carbocycles. The van der Waals surface area contributed by atoms with E-state index in [1.807, 2.05) is 30.5 Å². The molecule has 0 aromatic carbocycles. The molecule has 1 N–H and O–H groups in total. The summed E-state index contributed by atoms with van der Waals surface area (Å²) in [6.45, 7) is 4.19. The fourth-order valence-electron chi connectivity index (χ4n) is 2.47. The Bertz CT molecular complexity index is 552. The van der Waals surface area contributed by atoms with Crippen LogP contribution in [0.3, 0.4) is 0 Å². The highest BCUT2D eigenvalue weighted by molar-refractivity contribution is 5.23. The van der Waals surface area contributed by atoms with E-state index in [4.69, 9.17) is 0 Å². The minimum atomic E-state index is 0.272. The summed E-state index contributed by atoms with van der Waals surface area (Å²) in [4.78, 5) is 0. The van der Waals surface area contributed by atoms with Gasteiger partial charge in [0, 0.05) is 44.0 Å². The minimum Gasteiger partial charge on any atom is -0.313 e. The molecule has 0 saturated heterocycles. The van der Waals surface area contributed by atoms with Crippen molar-refractivity contribution in [3.05, 3.63) is 34.9 Å². The summed E-state index contributed by atoms with van der Waals surface area (Å²) in [5, 5.41) is 12.3. The summed E-state index contributed by atoms with van der Waals surface area (Å²) >= 11 is 0. The molecular weight excluding hydrogens is 238 g/mol. The number of hydrogen-bond donors (Lipinski definition) is 1. The number of aromatic nitrogens is 4. The van der Waals surface area contributed by atoms with Gasteiger partial charge in [-0.1, -0.05) is 6.92 Å². The lowest BCUT2D eigenvalue weighted by atomic mass is 10.0. The zero-order chi connectivity index (χ0) is 14.0. The number of likely N-dealkylation sites (N-methyl/N-ethyl adjacent to an activating group) is 1. The van der Waals surface area contributed by atoms with Gasteiger partial charge in [0.05, 0.1) is 11.4 Å². The fraction of sp³-hybridized carbons (Fsp3) is 0.571. The van der Waals surface area contributed by atoms with Crippen LogP contribution in [0.2, 0.25) is 0 Å². The van der Waals surface area contributed by atoms with Gasteiger partial charge in [0.1, 0.15) is 0 Å². The number of nitrogens with one attached hydrogen (secondary N) is 1. The smallest absolute Gasteiger partial charge is 0.0641 e. The van der Waals surface area contributed by atoms with Crippen LogP contribution in [0.4, 0.5) is 0 Å². The molecule has 2 heterocycles. The summed E-state index contributed by atoms with van der Waals surface area (Å²) in [5.74, 6) is 0. The standard InChI is InChI=1S/C14H23N5/c1-6-11-7-12(19(5)17-11)8-14(15-3)13-9-18(4)16-10(13)2/h7,9,14-15H,6,8H2,1-5H3. The summed E-state index contributed by atoms with van der Waals surface area (Å²) in [6.07, 6.45) is 3.99. The molecule has 0 fully saturated rings. The van der Waals surface area contributed by atoms with Crippen LogP contribution in [0, 0.1) is 6.92 Å². The van der Waals surface area contributed by atoms with Gasteiger partial charge < -0.3 is 5.32 Å². The molecule has 0 amide bonds. The summed E-state index contributed by atoms with van der Waals surface area (Å²) in [5.41, 5.74) is 4.73. The van der Waals surface area contributed by atoms with Gasteiger partial charge in [-0.3, -0.25) is 9.36 Å². The molecule has 0 radical (unpaired) electrons. The van der Waals surface area contributed by atoms with E-state index >= 15 is 0 Å².